The van der Waals surface area contributed by atoms with Crippen LogP contribution in [0.3, 0.4) is 0 Å². The number of aromatic nitrogens is 3. The van der Waals surface area contributed by atoms with Crippen molar-refractivity contribution < 1.29 is 23.0 Å². The number of rotatable bonds is 9. The van der Waals surface area contributed by atoms with Crippen LogP contribution in [0.1, 0.15) is 29.9 Å². The standard InChI is InChI=1S/C28H25ClF2N4O5/c1-16(2)39-13-12-34-15-21(27(37)35(28(34)38)20-7-4-18(30)5-8-20)26(36)33-19-6-9-23(22(31)14-19)40-24-10-11-32-17(3)25(24)29/h4-11,14-16H,12-13H2,1-3H3,(H,33,36). The number of benzene rings is 2. The molecule has 2 aromatic heterocycles. The van der Waals surface area contributed by atoms with Crippen LogP contribution in [-0.4, -0.2) is 32.7 Å². The molecule has 40 heavy (non-hydrogen) atoms. The maximum absolute atomic E-state index is 14.8. The van der Waals surface area contributed by atoms with Crippen molar-refractivity contribution in [2.24, 2.45) is 0 Å². The predicted octanol–water partition coefficient (Wildman–Crippen LogP) is 5.10. The topological polar surface area (TPSA) is 104 Å². The van der Waals surface area contributed by atoms with Gasteiger partial charge < -0.3 is 14.8 Å². The Kier molecular flexibility index (Phi) is 8.76. The number of hydrogen-bond acceptors (Lipinski definition) is 6. The highest BCUT2D eigenvalue weighted by molar-refractivity contribution is 6.32. The van der Waals surface area contributed by atoms with E-state index < -0.39 is 34.4 Å². The minimum Gasteiger partial charge on any atom is -0.453 e. The summed E-state index contributed by atoms with van der Waals surface area (Å²) in [6, 6.07) is 9.85. The highest BCUT2D eigenvalue weighted by Gasteiger charge is 2.20. The summed E-state index contributed by atoms with van der Waals surface area (Å²) in [6.45, 7) is 5.49. The highest BCUT2D eigenvalue weighted by atomic mass is 35.5. The Morgan fingerprint density at radius 2 is 1.80 bits per heavy atom. The molecule has 0 bridgehead atoms. The quantitative estimate of drug-likeness (QED) is 0.300. The molecule has 0 unspecified atom stereocenters. The number of carbonyl (C=O) groups is 1. The second kappa shape index (κ2) is 12.2. The molecule has 9 nitrogen and oxygen atoms in total. The minimum atomic E-state index is -0.932. The first-order chi connectivity index (χ1) is 19.0. The lowest BCUT2D eigenvalue weighted by Gasteiger charge is -2.15. The predicted molar refractivity (Wildman–Crippen MR) is 146 cm³/mol. The van der Waals surface area contributed by atoms with Crippen molar-refractivity contribution >= 4 is 23.2 Å². The summed E-state index contributed by atoms with van der Waals surface area (Å²) >= 11 is 6.16. The molecule has 1 amide bonds. The number of ether oxygens (including phenoxy) is 2. The van der Waals surface area contributed by atoms with Crippen LogP contribution in [0, 0.1) is 18.6 Å². The molecule has 4 rings (SSSR count). The van der Waals surface area contributed by atoms with Gasteiger partial charge in [-0.05, 0) is 57.2 Å². The number of nitrogens with one attached hydrogen (secondary N) is 1. The van der Waals surface area contributed by atoms with Gasteiger partial charge >= 0.3 is 5.69 Å². The van der Waals surface area contributed by atoms with Crippen molar-refractivity contribution in [3.05, 3.63) is 110 Å². The van der Waals surface area contributed by atoms with Gasteiger partial charge in [0.2, 0.25) is 0 Å². The van der Waals surface area contributed by atoms with Crippen LogP contribution >= 0.6 is 11.6 Å². The van der Waals surface area contributed by atoms with E-state index in [0.717, 1.165) is 33.5 Å². The number of amides is 1. The molecule has 0 aliphatic carbocycles. The SMILES string of the molecule is Cc1nccc(Oc2ccc(NC(=O)c3cn(CCOC(C)C)c(=O)n(-c4ccc(F)cc4)c3=O)cc2F)c1Cl. The first-order valence-electron chi connectivity index (χ1n) is 12.2. The average molecular weight is 571 g/mol. The van der Waals surface area contributed by atoms with Crippen molar-refractivity contribution in [1.29, 1.82) is 0 Å². The molecule has 1 N–H and O–H groups in total. The molecule has 4 aromatic rings. The van der Waals surface area contributed by atoms with Gasteiger partial charge in [-0.3, -0.25) is 19.1 Å². The normalized spacial score (nSPS) is 11.1. The molecule has 0 atom stereocenters. The van der Waals surface area contributed by atoms with E-state index in [9.17, 15) is 23.2 Å². The summed E-state index contributed by atoms with van der Waals surface area (Å²) in [6.07, 6.45) is 2.48. The molecule has 0 saturated carbocycles. The van der Waals surface area contributed by atoms with E-state index in [1.165, 1.54) is 36.5 Å². The van der Waals surface area contributed by atoms with Crippen molar-refractivity contribution in [2.45, 2.75) is 33.4 Å². The summed E-state index contributed by atoms with van der Waals surface area (Å²) in [4.78, 5) is 43.6. The molecule has 0 radical (unpaired) electrons. The van der Waals surface area contributed by atoms with Crippen molar-refractivity contribution in [3.63, 3.8) is 0 Å². The molecule has 0 saturated heterocycles. The molecule has 2 aromatic carbocycles. The van der Waals surface area contributed by atoms with Crippen LogP contribution in [0.25, 0.3) is 5.69 Å². The Morgan fingerprint density at radius 1 is 1.07 bits per heavy atom. The largest absolute Gasteiger partial charge is 0.453 e. The fraction of sp³-hybridized carbons (Fsp3) is 0.214. The minimum absolute atomic E-state index is 0.0282. The van der Waals surface area contributed by atoms with E-state index in [1.807, 2.05) is 13.8 Å². The van der Waals surface area contributed by atoms with E-state index in [2.05, 4.69) is 10.3 Å². The lowest BCUT2D eigenvalue weighted by Crippen LogP contribution is -2.42. The molecule has 2 heterocycles. The Balaban J connectivity index is 1.65. The second-order valence-corrected chi connectivity index (χ2v) is 9.34. The lowest BCUT2D eigenvalue weighted by atomic mass is 10.2. The van der Waals surface area contributed by atoms with E-state index in [4.69, 9.17) is 21.1 Å². The fourth-order valence-corrected chi connectivity index (χ4v) is 3.85. The van der Waals surface area contributed by atoms with E-state index in [0.29, 0.717) is 5.69 Å². The van der Waals surface area contributed by atoms with Crippen LogP contribution < -0.4 is 21.3 Å². The van der Waals surface area contributed by atoms with Crippen LogP contribution in [0.4, 0.5) is 14.5 Å². The molecule has 0 aliphatic rings. The van der Waals surface area contributed by atoms with Crippen LogP contribution in [-0.2, 0) is 11.3 Å². The summed E-state index contributed by atoms with van der Waals surface area (Å²) < 4.78 is 41.3. The molecule has 208 valence electrons. The van der Waals surface area contributed by atoms with Gasteiger partial charge in [-0.2, -0.15) is 0 Å². The summed E-state index contributed by atoms with van der Waals surface area (Å²) in [5.41, 5.74) is -1.46. The van der Waals surface area contributed by atoms with Crippen molar-refractivity contribution in [1.82, 2.24) is 14.1 Å². The van der Waals surface area contributed by atoms with Crippen molar-refractivity contribution in [3.8, 4) is 17.2 Å². The Labute approximate surface area is 232 Å². The fourth-order valence-electron chi connectivity index (χ4n) is 3.70. The number of pyridine rings is 1. The van der Waals surface area contributed by atoms with E-state index in [1.54, 1.807) is 6.92 Å². The van der Waals surface area contributed by atoms with Gasteiger partial charge in [0.1, 0.15) is 22.2 Å². The van der Waals surface area contributed by atoms with E-state index in [-0.39, 0.29) is 47.2 Å². The summed E-state index contributed by atoms with van der Waals surface area (Å²) in [7, 11) is 0. The number of nitrogens with zero attached hydrogens (tertiary/aromatic N) is 3. The summed E-state index contributed by atoms with van der Waals surface area (Å²) in [5.74, 6) is -2.20. The van der Waals surface area contributed by atoms with Gasteiger partial charge in [-0.25, -0.2) is 18.1 Å². The van der Waals surface area contributed by atoms with Gasteiger partial charge in [0, 0.05) is 30.2 Å². The number of anilines is 1. The third-order valence-corrected chi connectivity index (χ3v) is 6.17. The zero-order chi connectivity index (χ0) is 29.0. The number of halogens is 3. The van der Waals surface area contributed by atoms with Gasteiger partial charge in [0.25, 0.3) is 11.5 Å². The van der Waals surface area contributed by atoms with Crippen LogP contribution in [0.5, 0.6) is 11.5 Å². The second-order valence-electron chi connectivity index (χ2n) is 8.97. The van der Waals surface area contributed by atoms with Gasteiger partial charge in [0.05, 0.1) is 30.6 Å². The molecule has 0 aliphatic heterocycles. The third kappa shape index (κ3) is 6.44. The van der Waals surface area contributed by atoms with Crippen molar-refractivity contribution in [2.75, 3.05) is 11.9 Å². The third-order valence-electron chi connectivity index (χ3n) is 5.71. The van der Waals surface area contributed by atoms with Crippen LogP contribution in [0.15, 0.2) is 70.5 Å². The Morgan fingerprint density at radius 3 is 2.48 bits per heavy atom. The van der Waals surface area contributed by atoms with Gasteiger partial charge in [-0.15, -0.1) is 0 Å². The zero-order valence-corrected chi connectivity index (χ0v) is 22.5. The maximum atomic E-state index is 14.8. The lowest BCUT2D eigenvalue weighted by molar-refractivity contribution is 0.0717. The maximum Gasteiger partial charge on any atom is 0.335 e. The monoisotopic (exact) mass is 570 g/mol. The molecule has 12 heteroatoms. The van der Waals surface area contributed by atoms with E-state index >= 15 is 0 Å². The summed E-state index contributed by atoms with van der Waals surface area (Å²) in [5, 5.41) is 2.70. The average Bonchev–Trinajstić information content (AvgIpc) is 2.90. The number of carbonyl (C=O) groups excluding carboxylic acids is 1. The smallest absolute Gasteiger partial charge is 0.335 e. The molecule has 0 spiro atoms. The first kappa shape index (κ1) is 28.7. The number of hydrogen-bond donors (Lipinski definition) is 1. The molecular weight excluding hydrogens is 546 g/mol. The Hall–Kier alpha value is -4.35. The zero-order valence-electron chi connectivity index (χ0n) is 21.8. The number of aryl methyl sites for hydroxylation is 1. The Bertz CT molecular complexity index is 1670. The first-order valence-corrected chi connectivity index (χ1v) is 12.6. The van der Waals surface area contributed by atoms with Gasteiger partial charge in [-0.1, -0.05) is 11.6 Å². The van der Waals surface area contributed by atoms with Crippen LogP contribution in [0.2, 0.25) is 5.02 Å². The highest BCUT2D eigenvalue weighted by Crippen LogP contribution is 2.32. The molecule has 0 fully saturated rings. The van der Waals surface area contributed by atoms with Gasteiger partial charge in [0.15, 0.2) is 11.6 Å². The molecular formula is C28H25ClF2N4O5.